The van der Waals surface area contributed by atoms with Gasteiger partial charge < -0.3 is 10.8 Å². The van der Waals surface area contributed by atoms with Crippen molar-refractivity contribution in [3.8, 4) is 0 Å². The van der Waals surface area contributed by atoms with Crippen LogP contribution in [0.15, 0.2) is 0 Å². The minimum atomic E-state index is -0.758. The highest BCUT2D eigenvalue weighted by Gasteiger charge is 2.35. The zero-order valence-corrected chi connectivity index (χ0v) is 8.94. The number of hydrogen-bond donors (Lipinski definition) is 2. The van der Waals surface area contributed by atoms with Crippen LogP contribution >= 0.6 is 0 Å². The van der Waals surface area contributed by atoms with Gasteiger partial charge in [-0.25, -0.2) is 0 Å². The molecule has 0 saturated heterocycles. The summed E-state index contributed by atoms with van der Waals surface area (Å²) in [6.07, 6.45) is 1.77. The maximum Gasteiger partial charge on any atom is 0.320 e. The zero-order valence-electron chi connectivity index (χ0n) is 8.94. The molecule has 1 saturated carbocycles. The molecule has 0 aromatic heterocycles. The van der Waals surface area contributed by atoms with E-state index in [1.165, 1.54) is 6.42 Å². The number of likely N-dealkylation sites (N-methyl/N-ethyl adjacent to an activating group) is 1. The molecule has 1 aliphatic carbocycles. The largest absolute Gasteiger partial charge is 0.480 e. The molecule has 1 rings (SSSR count). The summed E-state index contributed by atoms with van der Waals surface area (Å²) in [6, 6.07) is -0.409. The van der Waals surface area contributed by atoms with Crippen molar-refractivity contribution in [2.45, 2.75) is 25.8 Å². The van der Waals surface area contributed by atoms with Crippen molar-refractivity contribution in [1.82, 2.24) is 4.90 Å². The van der Waals surface area contributed by atoms with Gasteiger partial charge in [0.25, 0.3) is 0 Å². The first-order valence-electron chi connectivity index (χ1n) is 5.19. The first-order chi connectivity index (χ1) is 6.56. The maximum atomic E-state index is 10.9. The molecule has 4 nitrogen and oxygen atoms in total. The lowest BCUT2D eigenvalue weighted by molar-refractivity contribution is -0.143. The van der Waals surface area contributed by atoms with Gasteiger partial charge in [0.2, 0.25) is 0 Å². The van der Waals surface area contributed by atoms with Gasteiger partial charge in [0, 0.05) is 6.54 Å². The Morgan fingerprint density at radius 2 is 2.29 bits per heavy atom. The van der Waals surface area contributed by atoms with E-state index in [1.807, 2.05) is 11.9 Å². The van der Waals surface area contributed by atoms with Gasteiger partial charge in [0.05, 0.1) is 0 Å². The molecular formula is C10H20N2O2. The Morgan fingerprint density at radius 1 is 1.71 bits per heavy atom. The zero-order chi connectivity index (χ0) is 10.7. The molecule has 0 heterocycles. The first-order valence-corrected chi connectivity index (χ1v) is 5.19. The molecule has 0 amide bonds. The van der Waals surface area contributed by atoms with Gasteiger partial charge in [-0.15, -0.1) is 0 Å². The summed E-state index contributed by atoms with van der Waals surface area (Å²) in [5, 5.41) is 8.98. The third kappa shape index (κ3) is 2.96. The van der Waals surface area contributed by atoms with Gasteiger partial charge >= 0.3 is 5.97 Å². The Bertz CT molecular complexity index is 208. The molecule has 4 heteroatoms. The average Bonchev–Trinajstić information content (AvgIpc) is 2.76. The summed E-state index contributed by atoms with van der Waals surface area (Å²) in [6.45, 7) is 3.52. The number of aliphatic carboxylic acids is 1. The summed E-state index contributed by atoms with van der Waals surface area (Å²) in [5.74, 6) is 0.704. The van der Waals surface area contributed by atoms with Crippen molar-refractivity contribution in [3.05, 3.63) is 0 Å². The van der Waals surface area contributed by atoms with Crippen molar-refractivity contribution in [1.29, 1.82) is 0 Å². The summed E-state index contributed by atoms with van der Waals surface area (Å²) in [7, 11) is 1.87. The molecule has 0 spiro atoms. The molecule has 0 radical (unpaired) electrons. The Hall–Kier alpha value is -0.610. The highest BCUT2D eigenvalue weighted by Crippen LogP contribution is 2.38. The van der Waals surface area contributed by atoms with Crippen LogP contribution in [0.4, 0.5) is 0 Å². The van der Waals surface area contributed by atoms with E-state index < -0.39 is 12.0 Å². The normalized spacial score (nSPS) is 27.7. The highest BCUT2D eigenvalue weighted by molar-refractivity contribution is 5.73. The second-order valence-electron chi connectivity index (χ2n) is 4.34. The van der Waals surface area contributed by atoms with E-state index in [4.69, 9.17) is 10.8 Å². The minimum Gasteiger partial charge on any atom is -0.480 e. The molecule has 3 N–H and O–H groups in total. The SMILES string of the molecule is CC1CC1CN(C)C(CCN)C(=O)O. The summed E-state index contributed by atoms with van der Waals surface area (Å²) >= 11 is 0. The van der Waals surface area contributed by atoms with Crippen LogP contribution in [-0.4, -0.2) is 42.2 Å². The van der Waals surface area contributed by atoms with Gasteiger partial charge in [-0.05, 0) is 38.3 Å². The molecule has 3 atom stereocenters. The van der Waals surface area contributed by atoms with Crippen LogP contribution in [0.5, 0.6) is 0 Å². The van der Waals surface area contributed by atoms with E-state index in [0.29, 0.717) is 18.9 Å². The predicted molar refractivity (Wildman–Crippen MR) is 55.0 cm³/mol. The van der Waals surface area contributed by atoms with Crippen molar-refractivity contribution in [2.75, 3.05) is 20.1 Å². The average molecular weight is 200 g/mol. The molecule has 0 aliphatic heterocycles. The standard InChI is InChI=1S/C10H20N2O2/c1-7-5-8(7)6-12(2)9(3-4-11)10(13)14/h7-9H,3-6,11H2,1-2H3,(H,13,14). The summed E-state index contributed by atoms with van der Waals surface area (Å²) in [5.41, 5.74) is 5.39. The molecule has 0 aromatic rings. The van der Waals surface area contributed by atoms with E-state index >= 15 is 0 Å². The molecule has 3 unspecified atom stereocenters. The predicted octanol–water partition coefficient (Wildman–Crippen LogP) is 0.376. The van der Waals surface area contributed by atoms with Crippen molar-refractivity contribution in [2.24, 2.45) is 17.6 Å². The topological polar surface area (TPSA) is 66.6 Å². The Kier molecular flexibility index (Phi) is 3.89. The van der Waals surface area contributed by atoms with Crippen molar-refractivity contribution >= 4 is 5.97 Å². The van der Waals surface area contributed by atoms with E-state index in [2.05, 4.69) is 6.92 Å². The van der Waals surface area contributed by atoms with Crippen LogP contribution in [0, 0.1) is 11.8 Å². The number of carbonyl (C=O) groups is 1. The fraction of sp³-hybridized carbons (Fsp3) is 0.900. The third-order valence-electron chi connectivity index (χ3n) is 3.06. The molecular weight excluding hydrogens is 180 g/mol. The van der Waals surface area contributed by atoms with Crippen LogP contribution in [-0.2, 0) is 4.79 Å². The Balaban J connectivity index is 2.37. The number of carboxylic acid groups (broad SMARTS) is 1. The fourth-order valence-electron chi connectivity index (χ4n) is 1.84. The van der Waals surface area contributed by atoms with Crippen molar-refractivity contribution in [3.63, 3.8) is 0 Å². The fourth-order valence-corrected chi connectivity index (χ4v) is 1.84. The van der Waals surface area contributed by atoms with Gasteiger partial charge in [-0.3, -0.25) is 9.69 Å². The van der Waals surface area contributed by atoms with Gasteiger partial charge in [-0.1, -0.05) is 6.92 Å². The molecule has 14 heavy (non-hydrogen) atoms. The molecule has 1 fully saturated rings. The highest BCUT2D eigenvalue weighted by atomic mass is 16.4. The molecule has 0 bridgehead atoms. The van der Waals surface area contributed by atoms with E-state index in [1.54, 1.807) is 0 Å². The number of carboxylic acids is 1. The molecule has 1 aliphatic rings. The Morgan fingerprint density at radius 3 is 2.64 bits per heavy atom. The van der Waals surface area contributed by atoms with Gasteiger partial charge in [0.1, 0.15) is 6.04 Å². The second kappa shape index (κ2) is 4.75. The lowest BCUT2D eigenvalue weighted by atomic mass is 10.1. The maximum absolute atomic E-state index is 10.9. The van der Waals surface area contributed by atoms with Gasteiger partial charge in [0.15, 0.2) is 0 Å². The first kappa shape index (κ1) is 11.5. The monoisotopic (exact) mass is 200 g/mol. The van der Waals surface area contributed by atoms with E-state index in [9.17, 15) is 4.79 Å². The lowest BCUT2D eigenvalue weighted by Gasteiger charge is -2.24. The summed E-state index contributed by atoms with van der Waals surface area (Å²) in [4.78, 5) is 12.8. The van der Waals surface area contributed by atoms with Crippen LogP contribution < -0.4 is 5.73 Å². The smallest absolute Gasteiger partial charge is 0.320 e. The quantitative estimate of drug-likeness (QED) is 0.650. The van der Waals surface area contributed by atoms with Crippen molar-refractivity contribution < 1.29 is 9.90 Å². The van der Waals surface area contributed by atoms with Crippen LogP contribution in [0.25, 0.3) is 0 Å². The third-order valence-corrected chi connectivity index (χ3v) is 3.06. The Labute approximate surface area is 85.1 Å². The molecule has 0 aromatic carbocycles. The second-order valence-corrected chi connectivity index (χ2v) is 4.34. The molecule has 82 valence electrons. The summed E-state index contributed by atoms with van der Waals surface area (Å²) < 4.78 is 0. The van der Waals surface area contributed by atoms with Crippen LogP contribution in [0.1, 0.15) is 19.8 Å². The lowest BCUT2D eigenvalue weighted by Crippen LogP contribution is -2.41. The number of nitrogens with zero attached hydrogens (tertiary/aromatic N) is 1. The van der Waals surface area contributed by atoms with Crippen LogP contribution in [0.3, 0.4) is 0 Å². The van der Waals surface area contributed by atoms with Gasteiger partial charge in [-0.2, -0.15) is 0 Å². The van der Waals surface area contributed by atoms with E-state index in [0.717, 1.165) is 12.5 Å². The number of hydrogen-bond acceptors (Lipinski definition) is 3. The minimum absolute atomic E-state index is 0.409. The number of rotatable bonds is 6. The van der Waals surface area contributed by atoms with E-state index in [-0.39, 0.29) is 0 Å². The van der Waals surface area contributed by atoms with Crippen LogP contribution in [0.2, 0.25) is 0 Å². The number of nitrogens with two attached hydrogens (primary N) is 1.